The van der Waals surface area contributed by atoms with Crippen molar-refractivity contribution < 1.29 is 39.6 Å². The fourth-order valence-electron chi connectivity index (χ4n) is 3.73. The molecule has 1 rings (SSSR count). The highest BCUT2D eigenvalue weighted by atomic mass is 16.4. The van der Waals surface area contributed by atoms with Crippen LogP contribution in [-0.4, -0.2) is 142 Å². The number of aliphatic carboxylic acids is 3. The van der Waals surface area contributed by atoms with Crippen LogP contribution in [0.1, 0.15) is 12.8 Å². The highest BCUT2D eigenvalue weighted by molar-refractivity contribution is 5.78. The van der Waals surface area contributed by atoms with Gasteiger partial charge in [0.15, 0.2) is 0 Å². The first kappa shape index (κ1) is 29.1. The lowest BCUT2D eigenvalue weighted by molar-refractivity contribution is -0.145. The molecular weight excluding hydrogens is 454 g/mol. The van der Waals surface area contributed by atoms with Crippen LogP contribution >= 0.6 is 0 Å². The van der Waals surface area contributed by atoms with Crippen molar-refractivity contribution in [2.75, 3.05) is 72.0 Å². The summed E-state index contributed by atoms with van der Waals surface area (Å²) in [5.41, 5.74) is 0. The normalized spacial score (nSPS) is 18.8. The van der Waals surface area contributed by atoms with E-state index >= 15 is 0 Å². The Balaban J connectivity index is 3.14. The minimum atomic E-state index is -1.18. The Labute approximate surface area is 197 Å². The highest BCUT2D eigenvalue weighted by Gasteiger charge is 2.28. The van der Waals surface area contributed by atoms with Gasteiger partial charge in [0.05, 0.1) is 25.4 Å². The molecule has 0 saturated carbocycles. The monoisotopic (exact) mass is 487 g/mol. The quantitative estimate of drug-likeness (QED) is 0.205. The Morgan fingerprint density at radius 2 is 1.21 bits per heavy atom. The van der Waals surface area contributed by atoms with E-state index in [-0.39, 0.29) is 71.0 Å². The first-order valence-corrected chi connectivity index (χ1v) is 10.8. The van der Waals surface area contributed by atoms with Gasteiger partial charge in [0.2, 0.25) is 0 Å². The number of carboxylic acid groups (broad SMARTS) is 3. The van der Waals surface area contributed by atoms with Crippen LogP contribution in [0.3, 0.4) is 0 Å². The van der Waals surface area contributed by atoms with Crippen molar-refractivity contribution in [1.29, 1.82) is 0 Å². The predicted octanol–water partition coefficient (Wildman–Crippen LogP) is -1.02. The Morgan fingerprint density at radius 3 is 1.62 bits per heavy atom. The number of carbonyl (C=O) groups is 4. The second-order valence-electron chi connectivity index (χ2n) is 8.10. The van der Waals surface area contributed by atoms with Gasteiger partial charge < -0.3 is 20.4 Å². The summed E-state index contributed by atoms with van der Waals surface area (Å²) < 4.78 is 0. The molecule has 0 aliphatic carbocycles. The summed E-state index contributed by atoms with van der Waals surface area (Å²) in [6.07, 6.45) is -0.468. The Bertz CT molecular complexity index is 748. The molecule has 0 aromatic heterocycles. The number of carbonyl (C=O) groups excluding carboxylic acids is 1. The fraction of sp³-hybridized carbons (Fsp3) is 0.700. The molecule has 14 nitrogen and oxygen atoms in total. The molecule has 0 aromatic rings. The number of hydrogen-bond donors (Lipinski definition) is 4. The molecule has 1 atom stereocenters. The molecule has 0 spiro atoms. The van der Waals surface area contributed by atoms with Crippen molar-refractivity contribution in [1.82, 2.24) is 19.6 Å². The van der Waals surface area contributed by atoms with Gasteiger partial charge in [-0.2, -0.15) is 0 Å². The lowest BCUT2D eigenvalue weighted by Gasteiger charge is -2.35. The largest absolute Gasteiger partial charge is 0.512 e. The average molecular weight is 488 g/mol. The summed E-state index contributed by atoms with van der Waals surface area (Å²) in [4.78, 5) is 63.1. The molecule has 1 fully saturated rings. The van der Waals surface area contributed by atoms with Gasteiger partial charge in [-0.3, -0.25) is 38.8 Å². The minimum absolute atomic E-state index is 0.102. The van der Waals surface area contributed by atoms with Gasteiger partial charge in [0.25, 0.3) is 5.91 Å². The lowest BCUT2D eigenvalue weighted by atomic mass is 10.1. The predicted molar refractivity (Wildman–Crippen MR) is 119 cm³/mol. The van der Waals surface area contributed by atoms with Gasteiger partial charge in [-0.25, -0.2) is 0 Å². The van der Waals surface area contributed by atoms with E-state index in [1.54, 1.807) is 19.6 Å². The van der Waals surface area contributed by atoms with E-state index in [9.17, 15) is 39.4 Å². The maximum Gasteiger partial charge on any atom is 0.320 e. The number of rotatable bonds is 11. The number of carboxylic acids is 3. The van der Waals surface area contributed by atoms with E-state index in [0.717, 1.165) is 0 Å². The van der Waals surface area contributed by atoms with Crippen LogP contribution in [0.25, 0.3) is 0 Å². The molecule has 192 valence electrons. The zero-order valence-electron chi connectivity index (χ0n) is 19.0. The first-order chi connectivity index (χ1) is 16.0. The number of nitroso groups, excluding NO2 is 1. The molecule has 14 heteroatoms. The summed E-state index contributed by atoms with van der Waals surface area (Å²) in [6.45, 7) is 5.01. The number of hydrogen-bond acceptors (Lipinski definition) is 10. The molecule has 0 radical (unpaired) electrons. The van der Waals surface area contributed by atoms with E-state index in [0.29, 0.717) is 19.6 Å². The van der Waals surface area contributed by atoms with Gasteiger partial charge in [-0.1, -0.05) is 6.58 Å². The summed E-state index contributed by atoms with van der Waals surface area (Å²) in [5.74, 6) is -4.35. The van der Waals surface area contributed by atoms with E-state index in [4.69, 9.17) is 5.11 Å². The number of aliphatic hydroxyl groups is 1. The van der Waals surface area contributed by atoms with Crippen molar-refractivity contribution in [3.8, 4) is 0 Å². The molecule has 0 aromatic carbocycles. The maximum absolute atomic E-state index is 11.9. The topological polar surface area (TPSA) is 192 Å². The van der Waals surface area contributed by atoms with Gasteiger partial charge >= 0.3 is 17.9 Å². The molecule has 0 bridgehead atoms. The minimum Gasteiger partial charge on any atom is -0.512 e. The van der Waals surface area contributed by atoms with Crippen LogP contribution in [0.5, 0.6) is 0 Å². The summed E-state index contributed by atoms with van der Waals surface area (Å²) in [6, 6.07) is -1.09. The summed E-state index contributed by atoms with van der Waals surface area (Å²) in [7, 11) is 0. The second-order valence-corrected chi connectivity index (χ2v) is 8.10. The Kier molecular flexibility index (Phi) is 12.9. The van der Waals surface area contributed by atoms with E-state index in [1.165, 1.54) is 0 Å². The molecule has 1 aliphatic rings. The second kappa shape index (κ2) is 15.1. The third-order valence-corrected chi connectivity index (χ3v) is 5.45. The van der Waals surface area contributed by atoms with Crippen LogP contribution in [0, 0.1) is 4.91 Å². The van der Waals surface area contributed by atoms with E-state index in [1.807, 2.05) is 0 Å². The summed E-state index contributed by atoms with van der Waals surface area (Å²) in [5, 5.41) is 40.0. The van der Waals surface area contributed by atoms with Crippen molar-refractivity contribution in [2.24, 2.45) is 5.18 Å². The third-order valence-electron chi connectivity index (χ3n) is 5.45. The SMILES string of the molecule is C=C(O)CN1CCN(CC(=O)O)CCN(CC(=O)N=O)CCN(C(CCC(=O)O)C(=O)O)CC1. The third kappa shape index (κ3) is 11.8. The van der Waals surface area contributed by atoms with Crippen molar-refractivity contribution >= 4 is 23.8 Å². The van der Waals surface area contributed by atoms with Gasteiger partial charge in [-0.05, 0) is 6.42 Å². The van der Waals surface area contributed by atoms with Gasteiger partial charge in [0, 0.05) is 64.0 Å². The molecule has 1 aliphatic heterocycles. The van der Waals surface area contributed by atoms with Crippen molar-refractivity contribution in [3.63, 3.8) is 0 Å². The molecule has 1 unspecified atom stereocenters. The smallest absolute Gasteiger partial charge is 0.320 e. The fourth-order valence-corrected chi connectivity index (χ4v) is 3.73. The average Bonchev–Trinajstić information content (AvgIpc) is 2.73. The maximum atomic E-state index is 11.9. The molecule has 34 heavy (non-hydrogen) atoms. The van der Waals surface area contributed by atoms with Crippen molar-refractivity contribution in [3.05, 3.63) is 17.2 Å². The molecule has 1 amide bonds. The van der Waals surface area contributed by atoms with Crippen LogP contribution in [0.4, 0.5) is 0 Å². The highest BCUT2D eigenvalue weighted by Crippen LogP contribution is 2.11. The van der Waals surface area contributed by atoms with E-state index < -0.39 is 29.9 Å². The van der Waals surface area contributed by atoms with Crippen molar-refractivity contribution in [2.45, 2.75) is 18.9 Å². The molecule has 1 saturated heterocycles. The molecular formula is C20H33N5O9. The van der Waals surface area contributed by atoms with Crippen LogP contribution in [-0.2, 0) is 19.2 Å². The van der Waals surface area contributed by atoms with Crippen LogP contribution in [0.2, 0.25) is 0 Å². The Hall–Kier alpha value is -2.94. The number of amides is 1. The Morgan fingerprint density at radius 1 is 0.735 bits per heavy atom. The molecule has 1 heterocycles. The van der Waals surface area contributed by atoms with Crippen LogP contribution < -0.4 is 0 Å². The number of aliphatic hydroxyl groups excluding tert-OH is 1. The van der Waals surface area contributed by atoms with Crippen LogP contribution in [0.15, 0.2) is 17.5 Å². The van der Waals surface area contributed by atoms with Gasteiger partial charge in [-0.15, -0.1) is 4.91 Å². The summed E-state index contributed by atoms with van der Waals surface area (Å²) >= 11 is 0. The zero-order valence-corrected chi connectivity index (χ0v) is 19.0. The van der Waals surface area contributed by atoms with Gasteiger partial charge in [0.1, 0.15) is 6.04 Å². The van der Waals surface area contributed by atoms with E-state index in [2.05, 4.69) is 11.8 Å². The number of nitrogens with zero attached hydrogens (tertiary/aromatic N) is 5. The standard InChI is InChI=1S/C20H33N5O9/c1-15(26)12-22-4-6-24(14-19(30)31)7-5-23(13-17(27)21-34)9-11-25(10-8-22)16(20(32)33)2-3-18(28)29/h16,26H,1-14H2,(H,28,29)(H,30,31)(H,32,33). The lowest BCUT2D eigenvalue weighted by Crippen LogP contribution is -2.51. The first-order valence-electron chi connectivity index (χ1n) is 10.8. The molecule has 4 N–H and O–H groups in total. The zero-order chi connectivity index (χ0) is 25.7.